The molecule has 1 rings (SSSR count). The molecule has 0 aliphatic carbocycles. The van der Waals surface area contributed by atoms with Gasteiger partial charge in [0.15, 0.2) is 0 Å². The van der Waals surface area contributed by atoms with E-state index in [-0.39, 0.29) is 5.56 Å². The van der Waals surface area contributed by atoms with E-state index < -0.39 is 12.1 Å². The maximum Gasteiger partial charge on any atom is 0.335 e. The van der Waals surface area contributed by atoms with E-state index in [1.807, 2.05) is 0 Å². The summed E-state index contributed by atoms with van der Waals surface area (Å²) in [6.45, 7) is 2.07. The molecule has 0 saturated heterocycles. The third-order valence-electron chi connectivity index (χ3n) is 1.71. The molecule has 1 aromatic carbocycles. The van der Waals surface area contributed by atoms with Crippen molar-refractivity contribution in [1.29, 1.82) is 0 Å². The van der Waals surface area contributed by atoms with Gasteiger partial charge < -0.3 is 15.5 Å². The minimum atomic E-state index is -0.953. The largest absolute Gasteiger partial charge is 0.478 e. The van der Waals surface area contributed by atoms with Gasteiger partial charge in [-0.25, -0.2) is 4.79 Å². The first-order valence-electron chi connectivity index (χ1n) is 4.35. The van der Waals surface area contributed by atoms with Gasteiger partial charge in [-0.15, -0.1) is 0 Å². The van der Waals surface area contributed by atoms with Gasteiger partial charge in [-0.1, -0.05) is 6.07 Å². The lowest BCUT2D eigenvalue weighted by molar-refractivity contribution is 0.0697. The Kier molecular flexibility index (Phi) is 3.48. The number of hydrogen-bond donors (Lipinski definition) is 3. The van der Waals surface area contributed by atoms with E-state index >= 15 is 0 Å². The van der Waals surface area contributed by atoms with Crippen LogP contribution in [0.1, 0.15) is 17.3 Å². The number of carboxylic acids is 1. The van der Waals surface area contributed by atoms with Crippen LogP contribution in [0.2, 0.25) is 0 Å². The van der Waals surface area contributed by atoms with Crippen molar-refractivity contribution in [2.45, 2.75) is 13.0 Å². The van der Waals surface area contributed by atoms with Crippen molar-refractivity contribution in [2.24, 2.45) is 0 Å². The van der Waals surface area contributed by atoms with Crippen LogP contribution < -0.4 is 5.32 Å². The Labute approximate surface area is 82.2 Å². The van der Waals surface area contributed by atoms with Crippen molar-refractivity contribution in [1.82, 2.24) is 0 Å². The Morgan fingerprint density at radius 1 is 1.57 bits per heavy atom. The molecule has 76 valence electrons. The van der Waals surface area contributed by atoms with Crippen LogP contribution in [0.15, 0.2) is 24.3 Å². The second-order valence-electron chi connectivity index (χ2n) is 3.12. The van der Waals surface area contributed by atoms with E-state index in [2.05, 4.69) is 5.32 Å². The molecule has 0 fully saturated rings. The van der Waals surface area contributed by atoms with E-state index in [4.69, 9.17) is 10.2 Å². The number of nitrogens with one attached hydrogen (secondary N) is 1. The number of aliphatic hydroxyl groups excluding tert-OH is 1. The van der Waals surface area contributed by atoms with Gasteiger partial charge in [-0.2, -0.15) is 0 Å². The first-order valence-corrected chi connectivity index (χ1v) is 4.35. The molecule has 1 unspecified atom stereocenters. The molecule has 1 atom stereocenters. The SMILES string of the molecule is CC(O)CNc1cccc(C(=O)O)c1. The lowest BCUT2D eigenvalue weighted by atomic mass is 10.2. The van der Waals surface area contributed by atoms with Crippen LogP contribution in [-0.2, 0) is 0 Å². The number of carboxylic acid groups (broad SMARTS) is 1. The van der Waals surface area contributed by atoms with Crippen LogP contribution in [0, 0.1) is 0 Å². The Bertz CT molecular complexity index is 323. The van der Waals surface area contributed by atoms with Crippen molar-refractivity contribution in [3.05, 3.63) is 29.8 Å². The molecule has 0 radical (unpaired) electrons. The predicted octanol–water partition coefficient (Wildman–Crippen LogP) is 1.18. The van der Waals surface area contributed by atoms with Crippen molar-refractivity contribution in [2.75, 3.05) is 11.9 Å². The van der Waals surface area contributed by atoms with Crippen molar-refractivity contribution in [3.63, 3.8) is 0 Å². The van der Waals surface area contributed by atoms with E-state index in [0.717, 1.165) is 0 Å². The van der Waals surface area contributed by atoms with Gasteiger partial charge in [0.05, 0.1) is 11.7 Å². The van der Waals surface area contributed by atoms with Crippen LogP contribution >= 0.6 is 0 Å². The van der Waals surface area contributed by atoms with Crippen molar-refractivity contribution >= 4 is 11.7 Å². The summed E-state index contributed by atoms with van der Waals surface area (Å²) in [5.74, 6) is -0.953. The van der Waals surface area contributed by atoms with Crippen molar-refractivity contribution in [3.8, 4) is 0 Å². The highest BCUT2D eigenvalue weighted by Crippen LogP contribution is 2.10. The molecule has 1 aromatic rings. The fourth-order valence-corrected chi connectivity index (χ4v) is 1.03. The van der Waals surface area contributed by atoms with Gasteiger partial charge in [0, 0.05) is 12.2 Å². The molecule has 0 aliphatic heterocycles. The highest BCUT2D eigenvalue weighted by Gasteiger charge is 2.03. The summed E-state index contributed by atoms with van der Waals surface area (Å²) in [6.07, 6.45) is -0.455. The summed E-state index contributed by atoms with van der Waals surface area (Å²) in [7, 11) is 0. The Hall–Kier alpha value is -1.55. The molecule has 0 aliphatic rings. The molecular formula is C10H13NO3. The third-order valence-corrected chi connectivity index (χ3v) is 1.71. The maximum atomic E-state index is 10.6. The summed E-state index contributed by atoms with van der Waals surface area (Å²) in [4.78, 5) is 10.6. The second-order valence-corrected chi connectivity index (χ2v) is 3.12. The maximum absolute atomic E-state index is 10.6. The van der Waals surface area contributed by atoms with E-state index in [1.165, 1.54) is 12.1 Å². The number of carbonyl (C=O) groups is 1. The summed E-state index contributed by atoms with van der Waals surface area (Å²) in [5, 5.41) is 20.6. The quantitative estimate of drug-likeness (QED) is 0.674. The Balaban J connectivity index is 2.69. The standard InChI is InChI=1S/C10H13NO3/c1-7(12)6-11-9-4-2-3-8(5-9)10(13)14/h2-5,7,11-12H,6H2,1H3,(H,13,14). The second kappa shape index (κ2) is 4.62. The molecule has 0 spiro atoms. The average molecular weight is 195 g/mol. The summed E-state index contributed by atoms with van der Waals surface area (Å²) in [5.41, 5.74) is 0.936. The van der Waals surface area contributed by atoms with Crippen LogP contribution in [0.25, 0.3) is 0 Å². The smallest absolute Gasteiger partial charge is 0.335 e. The van der Waals surface area contributed by atoms with Crippen LogP contribution in [0.3, 0.4) is 0 Å². The van der Waals surface area contributed by atoms with Gasteiger partial charge in [0.1, 0.15) is 0 Å². The molecule has 0 bridgehead atoms. The summed E-state index contributed by atoms with van der Waals surface area (Å²) < 4.78 is 0. The van der Waals surface area contributed by atoms with Gasteiger partial charge >= 0.3 is 5.97 Å². The van der Waals surface area contributed by atoms with Gasteiger partial charge in [0.2, 0.25) is 0 Å². The molecule has 4 nitrogen and oxygen atoms in total. The Morgan fingerprint density at radius 3 is 2.86 bits per heavy atom. The number of anilines is 1. The number of hydrogen-bond acceptors (Lipinski definition) is 3. The first kappa shape index (κ1) is 10.5. The average Bonchev–Trinajstić information content (AvgIpc) is 2.15. The zero-order valence-corrected chi connectivity index (χ0v) is 7.90. The fraction of sp³-hybridized carbons (Fsp3) is 0.300. The molecule has 0 aromatic heterocycles. The minimum Gasteiger partial charge on any atom is -0.478 e. The topological polar surface area (TPSA) is 69.6 Å². The van der Waals surface area contributed by atoms with Gasteiger partial charge in [-0.05, 0) is 25.1 Å². The first-order chi connectivity index (χ1) is 6.59. The zero-order valence-electron chi connectivity index (χ0n) is 7.90. The monoisotopic (exact) mass is 195 g/mol. The summed E-state index contributed by atoms with van der Waals surface area (Å²) in [6, 6.07) is 6.48. The molecule has 3 N–H and O–H groups in total. The van der Waals surface area contributed by atoms with Gasteiger partial charge in [-0.3, -0.25) is 0 Å². The number of rotatable bonds is 4. The minimum absolute atomic E-state index is 0.237. The molecule has 14 heavy (non-hydrogen) atoms. The van der Waals surface area contributed by atoms with E-state index in [0.29, 0.717) is 12.2 Å². The molecule has 0 amide bonds. The van der Waals surface area contributed by atoms with Crippen LogP contribution in [0.5, 0.6) is 0 Å². The Morgan fingerprint density at radius 2 is 2.29 bits per heavy atom. The lowest BCUT2D eigenvalue weighted by Gasteiger charge is -2.08. The third kappa shape index (κ3) is 3.06. The molecular weight excluding hydrogens is 182 g/mol. The highest BCUT2D eigenvalue weighted by atomic mass is 16.4. The highest BCUT2D eigenvalue weighted by molar-refractivity contribution is 5.88. The number of benzene rings is 1. The van der Waals surface area contributed by atoms with Crippen LogP contribution in [0.4, 0.5) is 5.69 Å². The summed E-state index contributed by atoms with van der Waals surface area (Å²) >= 11 is 0. The lowest BCUT2D eigenvalue weighted by Crippen LogP contribution is -2.15. The number of aromatic carboxylic acids is 1. The zero-order chi connectivity index (χ0) is 10.6. The predicted molar refractivity (Wildman–Crippen MR) is 53.6 cm³/mol. The normalized spacial score (nSPS) is 12.1. The number of aliphatic hydroxyl groups is 1. The van der Waals surface area contributed by atoms with Crippen molar-refractivity contribution < 1.29 is 15.0 Å². The van der Waals surface area contributed by atoms with E-state index in [9.17, 15) is 4.79 Å². The van der Waals surface area contributed by atoms with Gasteiger partial charge in [0.25, 0.3) is 0 Å². The fourth-order valence-electron chi connectivity index (χ4n) is 1.03. The van der Waals surface area contributed by atoms with E-state index in [1.54, 1.807) is 19.1 Å². The van der Waals surface area contributed by atoms with Crippen LogP contribution in [-0.4, -0.2) is 28.8 Å². The molecule has 0 saturated carbocycles. The molecule has 0 heterocycles. The molecule has 4 heteroatoms.